The average Bonchev–Trinajstić information content (AvgIpc) is 2.33. The first-order valence-corrected chi connectivity index (χ1v) is 7.70. The molecule has 0 atom stereocenters. The Balaban J connectivity index is 1.97. The fraction of sp³-hybridized carbons (Fsp3) is 0.692. The van der Waals surface area contributed by atoms with Crippen LogP contribution in [0.4, 0.5) is 0 Å². The van der Waals surface area contributed by atoms with Gasteiger partial charge in [0.15, 0.2) is 0 Å². The van der Waals surface area contributed by atoms with E-state index in [1.165, 1.54) is 31.4 Å². The highest BCUT2D eigenvalue weighted by Gasteiger charge is 1.95. The number of aryl methyl sites for hydroxylation is 1. The van der Waals surface area contributed by atoms with Crippen LogP contribution in [0, 0.1) is 6.92 Å². The number of unbranched alkanes of at least 4 members (excludes halogenated alkanes) is 3. The fourth-order valence-electron chi connectivity index (χ4n) is 1.67. The van der Waals surface area contributed by atoms with E-state index in [0.717, 1.165) is 24.6 Å². The zero-order valence-corrected chi connectivity index (χ0v) is 11.7. The smallest absolute Gasteiger partial charge is 0.125 e. The zero-order valence-electron chi connectivity index (χ0n) is 10.9. The van der Waals surface area contributed by atoms with Gasteiger partial charge in [-0.3, -0.25) is 0 Å². The van der Waals surface area contributed by atoms with Gasteiger partial charge in [0, 0.05) is 12.7 Å². The molecule has 0 amide bonds. The molecule has 0 unspecified atom stereocenters. The molecule has 1 heterocycles. The highest BCUT2D eigenvalue weighted by atomic mass is 32.2. The van der Waals surface area contributed by atoms with E-state index in [2.05, 4.69) is 21.5 Å². The van der Waals surface area contributed by atoms with Gasteiger partial charge in [0.2, 0.25) is 0 Å². The third-order valence-electron chi connectivity index (χ3n) is 2.59. The summed E-state index contributed by atoms with van der Waals surface area (Å²) in [6.07, 6.45) is 9.29. The van der Waals surface area contributed by atoms with Crippen LogP contribution < -0.4 is 5.32 Å². The molecule has 0 aliphatic heterocycles. The Bertz CT molecular complexity index is 304. The molecule has 1 aromatic rings. The molecule has 4 heteroatoms. The monoisotopic (exact) mass is 253 g/mol. The van der Waals surface area contributed by atoms with E-state index in [4.69, 9.17) is 0 Å². The van der Waals surface area contributed by atoms with Crippen molar-refractivity contribution in [3.63, 3.8) is 0 Å². The summed E-state index contributed by atoms with van der Waals surface area (Å²) in [7, 11) is 0. The predicted molar refractivity (Wildman–Crippen MR) is 75.3 cm³/mol. The van der Waals surface area contributed by atoms with Crippen LogP contribution in [0.5, 0.6) is 0 Å². The molecule has 0 aromatic carbocycles. The highest BCUT2D eigenvalue weighted by molar-refractivity contribution is 7.98. The molecule has 0 saturated carbocycles. The van der Waals surface area contributed by atoms with Gasteiger partial charge in [-0.25, -0.2) is 9.97 Å². The van der Waals surface area contributed by atoms with E-state index in [-0.39, 0.29) is 0 Å². The maximum absolute atomic E-state index is 4.36. The molecule has 1 aromatic heterocycles. The number of aromatic nitrogens is 2. The van der Waals surface area contributed by atoms with Crippen LogP contribution in [0.2, 0.25) is 0 Å². The van der Waals surface area contributed by atoms with Crippen LogP contribution in [0.1, 0.15) is 37.2 Å². The quantitative estimate of drug-likeness (QED) is 0.687. The molecule has 17 heavy (non-hydrogen) atoms. The number of hydrogen-bond acceptors (Lipinski definition) is 4. The first-order valence-electron chi connectivity index (χ1n) is 6.31. The Hall–Kier alpha value is -0.610. The van der Waals surface area contributed by atoms with Gasteiger partial charge in [-0.2, -0.15) is 11.8 Å². The first-order chi connectivity index (χ1) is 8.33. The highest BCUT2D eigenvalue weighted by Crippen LogP contribution is 2.04. The van der Waals surface area contributed by atoms with Crippen molar-refractivity contribution in [1.82, 2.24) is 15.3 Å². The number of nitrogens with one attached hydrogen (secondary N) is 1. The zero-order chi connectivity index (χ0) is 12.3. The molecule has 3 nitrogen and oxygen atoms in total. The second-order valence-electron chi connectivity index (χ2n) is 4.18. The number of thioether (sulfide) groups is 1. The summed E-state index contributed by atoms with van der Waals surface area (Å²) in [4.78, 5) is 8.44. The molecule has 0 spiro atoms. The molecule has 1 rings (SSSR count). The number of nitrogens with zero attached hydrogens (tertiary/aromatic N) is 2. The average molecular weight is 253 g/mol. The van der Waals surface area contributed by atoms with E-state index >= 15 is 0 Å². The van der Waals surface area contributed by atoms with Crippen molar-refractivity contribution in [2.24, 2.45) is 0 Å². The van der Waals surface area contributed by atoms with Crippen molar-refractivity contribution >= 4 is 11.8 Å². The standard InChI is InChI=1S/C13H23N3S/c1-12-15-9-7-13(16-12)11-14-8-5-3-4-6-10-17-2/h7,9,14H,3-6,8,10-11H2,1-2H3. The Morgan fingerprint density at radius 1 is 1.24 bits per heavy atom. The number of rotatable bonds is 9. The van der Waals surface area contributed by atoms with Crippen molar-refractivity contribution in [1.29, 1.82) is 0 Å². The minimum atomic E-state index is 0.848. The van der Waals surface area contributed by atoms with Crippen molar-refractivity contribution in [3.05, 3.63) is 23.8 Å². The summed E-state index contributed by atoms with van der Waals surface area (Å²) in [5.41, 5.74) is 1.08. The van der Waals surface area contributed by atoms with Gasteiger partial charge in [0.25, 0.3) is 0 Å². The van der Waals surface area contributed by atoms with E-state index < -0.39 is 0 Å². The summed E-state index contributed by atoms with van der Waals surface area (Å²) < 4.78 is 0. The minimum Gasteiger partial charge on any atom is -0.311 e. The Kier molecular flexibility index (Phi) is 8.01. The lowest BCUT2D eigenvalue weighted by atomic mass is 10.2. The van der Waals surface area contributed by atoms with Crippen LogP contribution in [0.25, 0.3) is 0 Å². The largest absolute Gasteiger partial charge is 0.311 e. The van der Waals surface area contributed by atoms with Gasteiger partial charge in [0.1, 0.15) is 5.82 Å². The lowest BCUT2D eigenvalue weighted by Gasteiger charge is -2.04. The summed E-state index contributed by atoms with van der Waals surface area (Å²) >= 11 is 1.94. The van der Waals surface area contributed by atoms with E-state index in [1.54, 1.807) is 0 Å². The molecule has 0 aliphatic rings. The fourth-order valence-corrected chi connectivity index (χ4v) is 2.16. The van der Waals surface area contributed by atoms with Crippen molar-refractivity contribution in [2.45, 2.75) is 39.2 Å². The maximum Gasteiger partial charge on any atom is 0.125 e. The van der Waals surface area contributed by atoms with Crippen LogP contribution in [-0.4, -0.2) is 28.5 Å². The van der Waals surface area contributed by atoms with Crippen LogP contribution in [0.15, 0.2) is 12.3 Å². The molecule has 0 radical (unpaired) electrons. The van der Waals surface area contributed by atoms with Crippen molar-refractivity contribution < 1.29 is 0 Å². The van der Waals surface area contributed by atoms with Crippen LogP contribution in [0.3, 0.4) is 0 Å². The minimum absolute atomic E-state index is 0.848. The normalized spacial score (nSPS) is 10.7. The lowest BCUT2D eigenvalue weighted by Crippen LogP contribution is -2.15. The third kappa shape index (κ3) is 7.34. The first kappa shape index (κ1) is 14.5. The summed E-state index contributed by atoms with van der Waals surface area (Å²) in [5.74, 6) is 2.15. The Morgan fingerprint density at radius 3 is 2.82 bits per heavy atom. The van der Waals surface area contributed by atoms with Crippen molar-refractivity contribution in [3.8, 4) is 0 Å². The molecule has 0 fully saturated rings. The molecular formula is C13H23N3S. The SMILES string of the molecule is CSCCCCCCNCc1ccnc(C)n1. The van der Waals surface area contributed by atoms with Gasteiger partial charge in [-0.15, -0.1) is 0 Å². The Labute approximate surface area is 109 Å². The molecule has 0 aliphatic carbocycles. The second-order valence-corrected chi connectivity index (χ2v) is 5.16. The molecule has 0 bridgehead atoms. The topological polar surface area (TPSA) is 37.8 Å². The van der Waals surface area contributed by atoms with Gasteiger partial charge >= 0.3 is 0 Å². The molecular weight excluding hydrogens is 230 g/mol. The van der Waals surface area contributed by atoms with Gasteiger partial charge < -0.3 is 5.32 Å². The molecule has 1 N–H and O–H groups in total. The molecule has 96 valence electrons. The van der Waals surface area contributed by atoms with Crippen LogP contribution in [-0.2, 0) is 6.54 Å². The number of hydrogen-bond donors (Lipinski definition) is 1. The summed E-state index contributed by atoms with van der Waals surface area (Å²) in [5, 5.41) is 3.42. The third-order valence-corrected chi connectivity index (χ3v) is 3.29. The lowest BCUT2D eigenvalue weighted by molar-refractivity contribution is 0.593. The van der Waals surface area contributed by atoms with Gasteiger partial charge in [0.05, 0.1) is 5.69 Å². The summed E-state index contributed by atoms with van der Waals surface area (Å²) in [6, 6.07) is 1.97. The maximum atomic E-state index is 4.36. The van der Waals surface area contributed by atoms with Gasteiger partial charge in [-0.1, -0.05) is 12.8 Å². The second kappa shape index (κ2) is 9.42. The van der Waals surface area contributed by atoms with E-state index in [1.807, 2.05) is 30.9 Å². The van der Waals surface area contributed by atoms with E-state index in [0.29, 0.717) is 0 Å². The molecule has 0 saturated heterocycles. The van der Waals surface area contributed by atoms with Gasteiger partial charge in [-0.05, 0) is 44.4 Å². The predicted octanol–water partition coefficient (Wildman–Crippen LogP) is 2.80. The van der Waals surface area contributed by atoms with E-state index in [9.17, 15) is 0 Å². The summed E-state index contributed by atoms with van der Waals surface area (Å²) in [6.45, 7) is 3.87. The Morgan fingerprint density at radius 2 is 2.06 bits per heavy atom. The van der Waals surface area contributed by atoms with Crippen LogP contribution >= 0.6 is 11.8 Å². The van der Waals surface area contributed by atoms with Crippen molar-refractivity contribution in [2.75, 3.05) is 18.6 Å².